The lowest BCUT2D eigenvalue weighted by Crippen LogP contribution is -2.32. The van der Waals surface area contributed by atoms with Gasteiger partial charge in [-0.3, -0.25) is 14.4 Å². The summed E-state index contributed by atoms with van der Waals surface area (Å²) < 4.78 is 17.3. The summed E-state index contributed by atoms with van der Waals surface area (Å²) in [4.78, 5) is 37.4. The molecule has 0 amide bonds. The highest BCUT2D eigenvalue weighted by atomic mass is 16.6. The van der Waals surface area contributed by atoms with Crippen molar-refractivity contribution in [1.29, 1.82) is 0 Å². The standard InChI is InChI=1S/C45H83NO6/c1-8-10-12-14-16-19-25-32-41(5)51-44(49)38-39(3)30-23-22-28-36-45(6,52-43(48)34-29-37-46-7)35-27-21-17-20-26-33-42(47)50-40(4)31-24-18-15-13-11-9-2/h24-25,31-32,39-41,46H,8-23,26-30,33-38H2,1-7H3/b31-24-,32-25-. The molecule has 0 saturated heterocycles. The van der Waals surface area contributed by atoms with Crippen molar-refractivity contribution in [3.63, 3.8) is 0 Å². The van der Waals surface area contributed by atoms with E-state index in [4.69, 9.17) is 14.2 Å². The molecule has 4 atom stereocenters. The summed E-state index contributed by atoms with van der Waals surface area (Å²) in [6, 6.07) is 0. The van der Waals surface area contributed by atoms with Crippen LogP contribution in [-0.2, 0) is 28.6 Å². The molecule has 7 nitrogen and oxygen atoms in total. The molecule has 0 aliphatic heterocycles. The Morgan fingerprint density at radius 1 is 0.596 bits per heavy atom. The van der Waals surface area contributed by atoms with Gasteiger partial charge in [0.2, 0.25) is 0 Å². The molecule has 0 aromatic carbocycles. The van der Waals surface area contributed by atoms with Gasteiger partial charge >= 0.3 is 17.9 Å². The van der Waals surface area contributed by atoms with Crippen molar-refractivity contribution in [3.05, 3.63) is 24.3 Å². The maximum absolute atomic E-state index is 12.7. The first-order valence-corrected chi connectivity index (χ1v) is 21.6. The maximum Gasteiger partial charge on any atom is 0.306 e. The second kappa shape index (κ2) is 34.6. The highest BCUT2D eigenvalue weighted by Gasteiger charge is 2.28. The molecule has 4 unspecified atom stereocenters. The van der Waals surface area contributed by atoms with Gasteiger partial charge in [0.1, 0.15) is 17.8 Å². The Kier molecular flexibility index (Phi) is 33.2. The summed E-state index contributed by atoms with van der Waals surface area (Å²) in [6.45, 7) is 13.4. The molecule has 0 spiro atoms. The van der Waals surface area contributed by atoms with E-state index in [9.17, 15) is 14.4 Å². The van der Waals surface area contributed by atoms with Crippen molar-refractivity contribution in [1.82, 2.24) is 5.32 Å². The average Bonchev–Trinajstić information content (AvgIpc) is 3.08. The predicted octanol–water partition coefficient (Wildman–Crippen LogP) is 12.3. The van der Waals surface area contributed by atoms with Crippen LogP contribution in [0.25, 0.3) is 0 Å². The number of ether oxygens (including phenoxy) is 3. The number of rotatable bonds is 36. The molecule has 52 heavy (non-hydrogen) atoms. The molecule has 0 radical (unpaired) electrons. The maximum atomic E-state index is 12.7. The number of allylic oxidation sites excluding steroid dienone is 2. The molecule has 304 valence electrons. The zero-order valence-electron chi connectivity index (χ0n) is 35.1. The van der Waals surface area contributed by atoms with E-state index in [-0.39, 0.29) is 36.0 Å². The molecule has 7 heteroatoms. The number of unbranched alkanes of at least 4 members (excludes halogenated alkanes) is 15. The Morgan fingerprint density at radius 2 is 1.08 bits per heavy atom. The van der Waals surface area contributed by atoms with Gasteiger partial charge in [-0.05, 0) is 117 Å². The third kappa shape index (κ3) is 32.5. The van der Waals surface area contributed by atoms with E-state index >= 15 is 0 Å². The highest BCUT2D eigenvalue weighted by molar-refractivity contribution is 5.70. The molecule has 0 bridgehead atoms. The largest absolute Gasteiger partial charge is 0.459 e. The van der Waals surface area contributed by atoms with E-state index in [2.05, 4.69) is 45.2 Å². The van der Waals surface area contributed by atoms with Gasteiger partial charge in [-0.25, -0.2) is 0 Å². The molecular formula is C45H83NO6. The number of esters is 3. The van der Waals surface area contributed by atoms with Crippen LogP contribution < -0.4 is 5.32 Å². The van der Waals surface area contributed by atoms with Gasteiger partial charge in [0, 0.05) is 19.3 Å². The first-order valence-electron chi connectivity index (χ1n) is 21.6. The molecule has 0 aliphatic carbocycles. The molecular weight excluding hydrogens is 650 g/mol. The van der Waals surface area contributed by atoms with Crippen molar-refractivity contribution in [2.24, 2.45) is 5.92 Å². The first-order chi connectivity index (χ1) is 25.0. The predicted molar refractivity (Wildman–Crippen MR) is 218 cm³/mol. The number of carbonyl (C=O) groups excluding carboxylic acids is 3. The third-order valence-electron chi connectivity index (χ3n) is 9.82. The van der Waals surface area contributed by atoms with Crippen LogP contribution in [0, 0.1) is 5.92 Å². The number of hydrogen-bond donors (Lipinski definition) is 1. The van der Waals surface area contributed by atoms with Crippen LogP contribution in [0.1, 0.15) is 208 Å². The van der Waals surface area contributed by atoms with Gasteiger partial charge in [0.25, 0.3) is 0 Å². The zero-order chi connectivity index (χ0) is 38.7. The monoisotopic (exact) mass is 734 g/mol. The summed E-state index contributed by atoms with van der Waals surface area (Å²) in [6.07, 6.45) is 34.2. The fraction of sp³-hybridized carbons (Fsp3) is 0.844. The molecule has 0 aromatic heterocycles. The number of nitrogens with one attached hydrogen (secondary N) is 1. The van der Waals surface area contributed by atoms with Gasteiger partial charge < -0.3 is 19.5 Å². The zero-order valence-corrected chi connectivity index (χ0v) is 35.1. The van der Waals surface area contributed by atoms with Gasteiger partial charge in [-0.15, -0.1) is 0 Å². The van der Waals surface area contributed by atoms with Crippen LogP contribution in [-0.4, -0.2) is 49.3 Å². The van der Waals surface area contributed by atoms with Crippen LogP contribution in [0.4, 0.5) is 0 Å². The van der Waals surface area contributed by atoms with E-state index < -0.39 is 5.60 Å². The molecule has 0 saturated carbocycles. The minimum atomic E-state index is -0.464. The lowest BCUT2D eigenvalue weighted by Gasteiger charge is -2.30. The van der Waals surface area contributed by atoms with Crippen molar-refractivity contribution in [2.45, 2.75) is 226 Å². The fourth-order valence-electron chi connectivity index (χ4n) is 6.55. The van der Waals surface area contributed by atoms with Gasteiger partial charge in [-0.2, -0.15) is 0 Å². The second-order valence-electron chi connectivity index (χ2n) is 15.6. The van der Waals surface area contributed by atoms with Gasteiger partial charge in [0.15, 0.2) is 0 Å². The fourth-order valence-corrected chi connectivity index (χ4v) is 6.55. The summed E-state index contributed by atoms with van der Waals surface area (Å²) in [7, 11) is 1.90. The molecule has 0 fully saturated rings. The summed E-state index contributed by atoms with van der Waals surface area (Å²) >= 11 is 0. The van der Waals surface area contributed by atoms with Crippen molar-refractivity contribution in [2.75, 3.05) is 13.6 Å². The van der Waals surface area contributed by atoms with E-state index in [1.807, 2.05) is 33.0 Å². The Labute approximate surface area is 321 Å². The Balaban J connectivity index is 4.43. The molecule has 0 aromatic rings. The summed E-state index contributed by atoms with van der Waals surface area (Å²) in [5.41, 5.74) is -0.464. The lowest BCUT2D eigenvalue weighted by atomic mass is 9.90. The topological polar surface area (TPSA) is 90.9 Å². The Hall–Kier alpha value is -2.15. The quantitative estimate of drug-likeness (QED) is 0.0297. The summed E-state index contributed by atoms with van der Waals surface area (Å²) in [5, 5.41) is 3.10. The van der Waals surface area contributed by atoms with Crippen LogP contribution in [0.3, 0.4) is 0 Å². The average molecular weight is 734 g/mol. The van der Waals surface area contributed by atoms with Crippen molar-refractivity contribution in [3.8, 4) is 0 Å². The van der Waals surface area contributed by atoms with E-state index in [1.54, 1.807) is 0 Å². The van der Waals surface area contributed by atoms with E-state index in [0.29, 0.717) is 19.3 Å². The SMILES string of the molecule is CCCCCC/C=C\C(C)OC(=O)CCCCCCCC(C)(CCCCCC(C)CC(=O)OC(C)/C=C\CCCCCCC)OC(=O)CCCNC. The summed E-state index contributed by atoms with van der Waals surface area (Å²) in [5.74, 6) is -0.0571. The van der Waals surface area contributed by atoms with Crippen LogP contribution >= 0.6 is 0 Å². The smallest absolute Gasteiger partial charge is 0.306 e. The second-order valence-corrected chi connectivity index (χ2v) is 15.6. The molecule has 0 heterocycles. The van der Waals surface area contributed by atoms with Gasteiger partial charge in [-0.1, -0.05) is 116 Å². The minimum Gasteiger partial charge on any atom is -0.459 e. The minimum absolute atomic E-state index is 0.111. The van der Waals surface area contributed by atoms with Crippen LogP contribution in [0.15, 0.2) is 24.3 Å². The molecule has 1 N–H and O–H groups in total. The van der Waals surface area contributed by atoms with E-state index in [1.165, 1.54) is 57.8 Å². The number of carbonyl (C=O) groups is 3. The van der Waals surface area contributed by atoms with Crippen LogP contribution in [0.5, 0.6) is 0 Å². The molecule has 0 rings (SSSR count). The Bertz CT molecular complexity index is 933. The lowest BCUT2D eigenvalue weighted by molar-refractivity contribution is -0.160. The first kappa shape index (κ1) is 49.9. The Morgan fingerprint density at radius 3 is 1.67 bits per heavy atom. The van der Waals surface area contributed by atoms with Crippen molar-refractivity contribution >= 4 is 17.9 Å². The normalized spacial score (nSPS) is 14.7. The highest BCUT2D eigenvalue weighted by Crippen LogP contribution is 2.28. The number of hydrogen-bond acceptors (Lipinski definition) is 7. The van der Waals surface area contributed by atoms with Crippen LogP contribution in [0.2, 0.25) is 0 Å². The molecule has 0 aliphatic rings. The van der Waals surface area contributed by atoms with Crippen molar-refractivity contribution < 1.29 is 28.6 Å². The third-order valence-corrected chi connectivity index (χ3v) is 9.82. The van der Waals surface area contributed by atoms with E-state index in [0.717, 1.165) is 96.4 Å². The van der Waals surface area contributed by atoms with Gasteiger partial charge in [0.05, 0.1) is 0 Å².